The van der Waals surface area contributed by atoms with E-state index in [0.717, 1.165) is 30.2 Å². The quantitative estimate of drug-likeness (QED) is 0.630. The molecule has 3 rings (SSSR count). The van der Waals surface area contributed by atoms with E-state index in [1.54, 1.807) is 19.1 Å². The van der Waals surface area contributed by atoms with Gasteiger partial charge in [0.25, 0.3) is 0 Å². The van der Waals surface area contributed by atoms with E-state index in [1.165, 1.54) is 5.56 Å². The van der Waals surface area contributed by atoms with E-state index in [-0.39, 0.29) is 5.91 Å². The minimum absolute atomic E-state index is 0.0561. The number of carbonyl (C=O) groups is 1. The molecule has 0 radical (unpaired) electrons. The molecule has 0 aliphatic carbocycles. The number of benzene rings is 1. The fraction of sp³-hybridized carbons (Fsp3) is 0.500. The van der Waals surface area contributed by atoms with Crippen molar-refractivity contribution >= 4 is 11.7 Å². The van der Waals surface area contributed by atoms with E-state index >= 15 is 0 Å². The van der Waals surface area contributed by atoms with Crippen LogP contribution in [-0.4, -0.2) is 74.8 Å². The molecule has 7 heteroatoms. The summed E-state index contributed by atoms with van der Waals surface area (Å²) in [6, 6.07) is 14.3. The summed E-state index contributed by atoms with van der Waals surface area (Å²) >= 11 is 0. The molecule has 0 fully saturated rings. The van der Waals surface area contributed by atoms with Gasteiger partial charge in [0.1, 0.15) is 11.2 Å². The molecule has 1 aliphatic heterocycles. The maximum absolute atomic E-state index is 13.6. The largest absolute Gasteiger partial charge is 0.383 e. The monoisotopic (exact) mass is 426 g/mol. The average molecular weight is 427 g/mol. The van der Waals surface area contributed by atoms with E-state index < -0.39 is 5.41 Å². The lowest BCUT2D eigenvalue weighted by atomic mass is 9.78. The topological polar surface area (TPSA) is 66.9 Å². The lowest BCUT2D eigenvalue weighted by molar-refractivity contribution is -0.137. The van der Waals surface area contributed by atoms with Crippen LogP contribution in [0.3, 0.4) is 0 Å². The van der Waals surface area contributed by atoms with Crippen LogP contribution in [0.5, 0.6) is 0 Å². The number of pyridine rings is 1. The van der Waals surface area contributed by atoms with Gasteiger partial charge in [0, 0.05) is 54.0 Å². The van der Waals surface area contributed by atoms with Crippen molar-refractivity contribution in [1.29, 1.82) is 0 Å². The van der Waals surface area contributed by atoms with E-state index in [2.05, 4.69) is 28.4 Å². The molecule has 2 aromatic rings. The zero-order valence-electron chi connectivity index (χ0n) is 19.1. The Balaban J connectivity index is 1.87. The SMILES string of the molecule is COCCN1Cc2ccc(NCc3ccccc3)nc2C(C)(C(=O)N(C)CCOC)C1. The highest BCUT2D eigenvalue weighted by atomic mass is 16.5. The molecular formula is C24H34N4O3. The maximum Gasteiger partial charge on any atom is 0.235 e. The van der Waals surface area contributed by atoms with E-state index in [9.17, 15) is 4.79 Å². The van der Waals surface area contributed by atoms with Gasteiger partial charge in [-0.2, -0.15) is 0 Å². The van der Waals surface area contributed by atoms with Gasteiger partial charge in [-0.15, -0.1) is 0 Å². The molecule has 7 nitrogen and oxygen atoms in total. The number of aromatic nitrogens is 1. The Morgan fingerprint density at radius 3 is 2.61 bits per heavy atom. The van der Waals surface area contributed by atoms with Crippen LogP contribution in [0.25, 0.3) is 0 Å². The van der Waals surface area contributed by atoms with E-state index in [0.29, 0.717) is 32.8 Å². The number of likely N-dealkylation sites (N-methyl/N-ethyl adjacent to an activating group) is 1. The summed E-state index contributed by atoms with van der Waals surface area (Å²) in [6.45, 7) is 6.51. The Bertz CT molecular complexity index is 861. The number of nitrogens with zero attached hydrogens (tertiary/aromatic N) is 3. The van der Waals surface area contributed by atoms with Crippen LogP contribution in [0.1, 0.15) is 23.7 Å². The van der Waals surface area contributed by atoms with Crippen molar-refractivity contribution in [3.63, 3.8) is 0 Å². The van der Waals surface area contributed by atoms with Crippen LogP contribution >= 0.6 is 0 Å². The molecule has 1 unspecified atom stereocenters. The fourth-order valence-electron chi connectivity index (χ4n) is 4.10. The third kappa shape index (κ3) is 5.61. The van der Waals surface area contributed by atoms with Crippen LogP contribution < -0.4 is 5.32 Å². The van der Waals surface area contributed by atoms with Gasteiger partial charge in [-0.05, 0) is 24.1 Å². The van der Waals surface area contributed by atoms with Gasteiger partial charge in [0.05, 0.1) is 18.9 Å². The third-order valence-corrected chi connectivity index (χ3v) is 5.81. The minimum Gasteiger partial charge on any atom is -0.383 e. The van der Waals surface area contributed by atoms with Gasteiger partial charge in [-0.3, -0.25) is 9.69 Å². The van der Waals surface area contributed by atoms with Crippen molar-refractivity contribution in [2.75, 3.05) is 59.4 Å². The lowest BCUT2D eigenvalue weighted by Crippen LogP contribution is -2.54. The number of rotatable bonds is 10. The molecule has 168 valence electrons. The normalized spacial score (nSPS) is 18.5. The zero-order chi connectivity index (χ0) is 22.3. The molecule has 2 heterocycles. The lowest BCUT2D eigenvalue weighted by Gasteiger charge is -2.41. The summed E-state index contributed by atoms with van der Waals surface area (Å²) in [4.78, 5) is 22.5. The van der Waals surface area contributed by atoms with Crippen molar-refractivity contribution in [3.05, 3.63) is 59.3 Å². The molecule has 0 saturated carbocycles. The number of fused-ring (bicyclic) bond motifs is 1. The zero-order valence-corrected chi connectivity index (χ0v) is 19.1. The Kier molecular flexibility index (Phi) is 8.01. The van der Waals surface area contributed by atoms with Crippen molar-refractivity contribution in [1.82, 2.24) is 14.8 Å². The average Bonchev–Trinajstić information content (AvgIpc) is 2.80. The van der Waals surface area contributed by atoms with E-state index in [4.69, 9.17) is 14.5 Å². The molecule has 1 atom stereocenters. The second-order valence-electron chi connectivity index (χ2n) is 8.30. The van der Waals surface area contributed by atoms with Crippen LogP contribution in [-0.2, 0) is 32.8 Å². The number of ether oxygens (including phenoxy) is 2. The Morgan fingerprint density at radius 2 is 1.90 bits per heavy atom. The highest BCUT2D eigenvalue weighted by molar-refractivity contribution is 5.88. The van der Waals surface area contributed by atoms with Gasteiger partial charge >= 0.3 is 0 Å². The smallest absolute Gasteiger partial charge is 0.235 e. The predicted molar refractivity (Wildman–Crippen MR) is 122 cm³/mol. The molecule has 1 N–H and O–H groups in total. The Morgan fingerprint density at radius 1 is 1.16 bits per heavy atom. The summed E-state index contributed by atoms with van der Waals surface area (Å²) in [5.41, 5.74) is 2.39. The first kappa shape index (κ1) is 23.2. The summed E-state index contributed by atoms with van der Waals surface area (Å²) in [5.74, 6) is 0.840. The van der Waals surface area contributed by atoms with Crippen molar-refractivity contribution < 1.29 is 14.3 Å². The van der Waals surface area contributed by atoms with Gasteiger partial charge in [-0.1, -0.05) is 36.4 Å². The van der Waals surface area contributed by atoms with Gasteiger partial charge in [-0.25, -0.2) is 4.98 Å². The highest BCUT2D eigenvalue weighted by Crippen LogP contribution is 2.35. The second kappa shape index (κ2) is 10.7. The number of anilines is 1. The Labute approximate surface area is 185 Å². The molecule has 1 aromatic heterocycles. The summed E-state index contributed by atoms with van der Waals surface area (Å²) in [7, 11) is 5.18. The first-order chi connectivity index (χ1) is 15.0. The number of methoxy groups -OCH3 is 2. The van der Waals surface area contributed by atoms with Crippen molar-refractivity contribution in [2.45, 2.75) is 25.4 Å². The summed E-state index contributed by atoms with van der Waals surface area (Å²) in [5, 5.41) is 3.41. The number of hydrogen-bond donors (Lipinski definition) is 1. The molecule has 1 amide bonds. The Hall–Kier alpha value is -2.48. The number of carbonyl (C=O) groups excluding carboxylic acids is 1. The number of amides is 1. The molecular weight excluding hydrogens is 392 g/mol. The highest BCUT2D eigenvalue weighted by Gasteiger charge is 2.44. The second-order valence-corrected chi connectivity index (χ2v) is 8.30. The van der Waals surface area contributed by atoms with Crippen LogP contribution in [0.4, 0.5) is 5.82 Å². The fourth-order valence-corrected chi connectivity index (χ4v) is 4.10. The molecule has 0 spiro atoms. The van der Waals surface area contributed by atoms with Crippen molar-refractivity contribution in [2.24, 2.45) is 0 Å². The molecule has 0 bridgehead atoms. The number of nitrogens with one attached hydrogen (secondary N) is 1. The maximum atomic E-state index is 13.6. The molecule has 1 aromatic carbocycles. The third-order valence-electron chi connectivity index (χ3n) is 5.81. The van der Waals surface area contributed by atoms with Gasteiger partial charge in [0.15, 0.2) is 0 Å². The first-order valence-electron chi connectivity index (χ1n) is 10.7. The number of hydrogen-bond acceptors (Lipinski definition) is 6. The van der Waals surface area contributed by atoms with Crippen molar-refractivity contribution in [3.8, 4) is 0 Å². The summed E-state index contributed by atoms with van der Waals surface area (Å²) in [6.07, 6.45) is 0. The standard InChI is InChI=1S/C24H34N4O3/c1-24(23(29)27(2)12-14-30-3)18-28(13-15-31-4)17-20-10-11-21(26-22(20)24)25-16-19-8-6-5-7-9-19/h5-11H,12-18H2,1-4H3,(H,25,26). The van der Waals surface area contributed by atoms with E-state index in [1.807, 2.05) is 38.2 Å². The van der Waals surface area contributed by atoms with Gasteiger partial charge < -0.3 is 19.7 Å². The first-order valence-corrected chi connectivity index (χ1v) is 10.7. The van der Waals surface area contributed by atoms with Crippen LogP contribution in [0.15, 0.2) is 42.5 Å². The molecule has 0 saturated heterocycles. The molecule has 1 aliphatic rings. The van der Waals surface area contributed by atoms with Gasteiger partial charge in [0.2, 0.25) is 5.91 Å². The predicted octanol–water partition coefficient (Wildman–Crippen LogP) is 2.52. The minimum atomic E-state index is -0.742. The van der Waals surface area contributed by atoms with Crippen LogP contribution in [0, 0.1) is 0 Å². The summed E-state index contributed by atoms with van der Waals surface area (Å²) < 4.78 is 10.4. The molecule has 31 heavy (non-hydrogen) atoms. The van der Waals surface area contributed by atoms with Crippen LogP contribution in [0.2, 0.25) is 0 Å².